The van der Waals surface area contributed by atoms with Gasteiger partial charge < -0.3 is 5.73 Å². The van der Waals surface area contributed by atoms with Crippen LogP contribution in [0.1, 0.15) is 28.8 Å². The normalized spacial score (nSPS) is 17.5. The monoisotopic (exact) mass is 207 g/mol. The number of ketones is 1. The first-order chi connectivity index (χ1) is 7.09. The number of nitrogens with two attached hydrogens (primary N) is 1. The van der Waals surface area contributed by atoms with Gasteiger partial charge in [0.1, 0.15) is 5.82 Å². The molecular weight excluding hydrogens is 193 g/mol. The third kappa shape index (κ3) is 1.67. The molecule has 0 bridgehead atoms. The number of carbonyl (C=O) groups is 1. The Morgan fingerprint density at radius 3 is 2.67 bits per heavy atom. The predicted octanol–water partition coefficient (Wildman–Crippen LogP) is 2.06. The maximum Gasteiger partial charge on any atom is 0.170 e. The van der Waals surface area contributed by atoms with E-state index in [9.17, 15) is 9.18 Å². The fourth-order valence-corrected chi connectivity index (χ4v) is 1.84. The number of hydrogen-bond acceptors (Lipinski definition) is 2. The van der Waals surface area contributed by atoms with E-state index in [-0.39, 0.29) is 17.0 Å². The van der Waals surface area contributed by atoms with Crippen LogP contribution in [0.2, 0.25) is 0 Å². The molecule has 1 aromatic carbocycles. The zero-order valence-corrected chi connectivity index (χ0v) is 8.72. The topological polar surface area (TPSA) is 43.1 Å². The summed E-state index contributed by atoms with van der Waals surface area (Å²) in [6.45, 7) is 2.14. The van der Waals surface area contributed by atoms with E-state index in [2.05, 4.69) is 0 Å². The minimum Gasteiger partial charge on any atom is -0.329 e. The van der Waals surface area contributed by atoms with Crippen molar-refractivity contribution in [2.45, 2.75) is 19.8 Å². The van der Waals surface area contributed by atoms with E-state index in [1.807, 2.05) is 0 Å². The molecule has 0 saturated heterocycles. The molecule has 0 atom stereocenters. The molecule has 0 unspecified atom stereocenters. The van der Waals surface area contributed by atoms with Gasteiger partial charge in [-0.3, -0.25) is 4.79 Å². The van der Waals surface area contributed by atoms with Crippen molar-refractivity contribution >= 4 is 5.78 Å². The van der Waals surface area contributed by atoms with Crippen LogP contribution in [0.4, 0.5) is 4.39 Å². The average molecular weight is 207 g/mol. The molecule has 2 nitrogen and oxygen atoms in total. The van der Waals surface area contributed by atoms with Crippen molar-refractivity contribution in [1.29, 1.82) is 0 Å². The first-order valence-corrected chi connectivity index (χ1v) is 5.10. The van der Waals surface area contributed by atoms with Crippen molar-refractivity contribution in [3.63, 3.8) is 0 Å². The summed E-state index contributed by atoms with van der Waals surface area (Å²) in [6.07, 6.45) is 1.72. The molecule has 15 heavy (non-hydrogen) atoms. The minimum absolute atomic E-state index is 0.0718. The predicted molar refractivity (Wildman–Crippen MR) is 56.2 cm³/mol. The van der Waals surface area contributed by atoms with Crippen LogP contribution in [-0.2, 0) is 0 Å². The summed E-state index contributed by atoms with van der Waals surface area (Å²) in [5.41, 5.74) is 6.55. The Labute approximate surface area is 88.3 Å². The molecule has 2 N–H and O–H groups in total. The molecule has 0 radical (unpaired) electrons. The smallest absolute Gasteiger partial charge is 0.170 e. The van der Waals surface area contributed by atoms with Gasteiger partial charge in [-0.2, -0.15) is 0 Å². The highest BCUT2D eigenvalue weighted by Crippen LogP contribution is 2.47. The molecule has 1 aliphatic rings. The Balaban J connectivity index is 2.34. The first kappa shape index (κ1) is 10.3. The Morgan fingerprint density at radius 2 is 2.20 bits per heavy atom. The second-order valence-electron chi connectivity index (χ2n) is 4.27. The number of hydrogen-bond donors (Lipinski definition) is 1. The summed E-state index contributed by atoms with van der Waals surface area (Å²) >= 11 is 0. The SMILES string of the molecule is Cc1cc(F)ccc1C(=O)C1(CN)CC1. The van der Waals surface area contributed by atoms with Crippen LogP contribution in [-0.4, -0.2) is 12.3 Å². The van der Waals surface area contributed by atoms with Crippen molar-refractivity contribution < 1.29 is 9.18 Å². The van der Waals surface area contributed by atoms with Gasteiger partial charge in [-0.1, -0.05) is 0 Å². The summed E-state index contributed by atoms with van der Waals surface area (Å²) in [4.78, 5) is 12.1. The molecule has 0 spiro atoms. The molecule has 2 rings (SSSR count). The average Bonchev–Trinajstić information content (AvgIpc) is 2.97. The van der Waals surface area contributed by atoms with Crippen LogP contribution >= 0.6 is 0 Å². The Hall–Kier alpha value is -1.22. The van der Waals surface area contributed by atoms with E-state index in [4.69, 9.17) is 5.73 Å². The highest BCUT2D eigenvalue weighted by Gasteiger charge is 2.48. The number of Topliss-reactive ketones (excluding diaryl/α,β-unsaturated/α-hetero) is 1. The number of aryl methyl sites for hydroxylation is 1. The van der Waals surface area contributed by atoms with Gasteiger partial charge in [0.25, 0.3) is 0 Å². The lowest BCUT2D eigenvalue weighted by Gasteiger charge is -2.12. The lowest BCUT2D eigenvalue weighted by molar-refractivity contribution is 0.0905. The maximum atomic E-state index is 12.9. The number of rotatable bonds is 3. The molecule has 0 amide bonds. The molecule has 1 saturated carbocycles. The highest BCUT2D eigenvalue weighted by atomic mass is 19.1. The third-order valence-electron chi connectivity index (χ3n) is 3.16. The summed E-state index contributed by atoms with van der Waals surface area (Å²) in [7, 11) is 0. The van der Waals surface area contributed by atoms with E-state index >= 15 is 0 Å². The Kier molecular flexibility index (Phi) is 2.35. The summed E-state index contributed by atoms with van der Waals surface area (Å²) in [6, 6.07) is 4.27. The molecule has 80 valence electrons. The van der Waals surface area contributed by atoms with Crippen LogP contribution in [0.25, 0.3) is 0 Å². The van der Waals surface area contributed by atoms with Gasteiger partial charge in [0.15, 0.2) is 5.78 Å². The van der Waals surface area contributed by atoms with Crippen molar-refractivity contribution in [1.82, 2.24) is 0 Å². The van der Waals surface area contributed by atoms with Crippen LogP contribution < -0.4 is 5.73 Å². The van der Waals surface area contributed by atoms with Gasteiger partial charge in [0.05, 0.1) is 0 Å². The maximum absolute atomic E-state index is 12.9. The van der Waals surface area contributed by atoms with Crippen LogP contribution in [0.5, 0.6) is 0 Å². The van der Waals surface area contributed by atoms with Crippen molar-refractivity contribution in [3.05, 3.63) is 35.1 Å². The fraction of sp³-hybridized carbons (Fsp3) is 0.417. The van der Waals surface area contributed by atoms with Crippen molar-refractivity contribution in [2.75, 3.05) is 6.54 Å². The number of halogens is 1. The van der Waals surface area contributed by atoms with Gasteiger partial charge in [0, 0.05) is 17.5 Å². The highest BCUT2D eigenvalue weighted by molar-refractivity contribution is 6.03. The number of carbonyl (C=O) groups excluding carboxylic acids is 1. The summed E-state index contributed by atoms with van der Waals surface area (Å²) in [5, 5.41) is 0. The second kappa shape index (κ2) is 3.42. The van der Waals surface area contributed by atoms with E-state index in [1.54, 1.807) is 13.0 Å². The molecule has 3 heteroatoms. The van der Waals surface area contributed by atoms with E-state index < -0.39 is 0 Å². The second-order valence-corrected chi connectivity index (χ2v) is 4.27. The molecule has 0 aliphatic heterocycles. The molecular formula is C12H14FNO. The van der Waals surface area contributed by atoms with Gasteiger partial charge in [-0.15, -0.1) is 0 Å². The van der Waals surface area contributed by atoms with Crippen molar-refractivity contribution in [3.8, 4) is 0 Å². The Bertz CT molecular complexity index is 410. The van der Waals surface area contributed by atoms with Crippen LogP contribution in [0, 0.1) is 18.2 Å². The van der Waals surface area contributed by atoms with Crippen molar-refractivity contribution in [2.24, 2.45) is 11.1 Å². The molecule has 0 aromatic heterocycles. The zero-order chi connectivity index (χ0) is 11.1. The molecule has 1 fully saturated rings. The van der Waals surface area contributed by atoms with Crippen LogP contribution in [0.3, 0.4) is 0 Å². The third-order valence-corrected chi connectivity index (χ3v) is 3.16. The largest absolute Gasteiger partial charge is 0.329 e. The fourth-order valence-electron chi connectivity index (χ4n) is 1.84. The van der Waals surface area contributed by atoms with E-state index in [1.165, 1.54) is 12.1 Å². The lowest BCUT2D eigenvalue weighted by atomic mass is 9.92. The first-order valence-electron chi connectivity index (χ1n) is 5.10. The van der Waals surface area contributed by atoms with E-state index in [0.29, 0.717) is 17.7 Å². The van der Waals surface area contributed by atoms with Gasteiger partial charge in [-0.25, -0.2) is 4.39 Å². The Morgan fingerprint density at radius 1 is 1.53 bits per heavy atom. The van der Waals surface area contributed by atoms with Gasteiger partial charge in [0.2, 0.25) is 0 Å². The van der Waals surface area contributed by atoms with E-state index in [0.717, 1.165) is 12.8 Å². The quantitative estimate of drug-likeness (QED) is 0.771. The number of benzene rings is 1. The summed E-state index contributed by atoms with van der Waals surface area (Å²) < 4.78 is 12.9. The molecule has 0 heterocycles. The minimum atomic E-state index is -0.345. The standard InChI is InChI=1S/C12H14FNO/c1-8-6-9(13)2-3-10(8)11(15)12(7-14)4-5-12/h2-3,6H,4-5,7,14H2,1H3. The van der Waals surface area contributed by atoms with Crippen LogP contribution in [0.15, 0.2) is 18.2 Å². The molecule has 1 aliphatic carbocycles. The molecule has 1 aromatic rings. The zero-order valence-electron chi connectivity index (χ0n) is 8.72. The van der Waals surface area contributed by atoms with Gasteiger partial charge >= 0.3 is 0 Å². The summed E-state index contributed by atoms with van der Waals surface area (Å²) in [5.74, 6) is -0.232. The lowest BCUT2D eigenvalue weighted by Crippen LogP contribution is -2.26. The van der Waals surface area contributed by atoms with Gasteiger partial charge in [-0.05, 0) is 43.5 Å².